The first-order chi connectivity index (χ1) is 9.94. The van der Waals surface area contributed by atoms with E-state index >= 15 is 0 Å². The van der Waals surface area contributed by atoms with Crippen LogP contribution in [-0.2, 0) is 0 Å². The molecule has 1 aromatic carbocycles. The Hall–Kier alpha value is -2.42. The molecule has 1 N–H and O–H groups in total. The summed E-state index contributed by atoms with van der Waals surface area (Å²) in [7, 11) is 0. The number of H-pyrrole nitrogens is 1. The van der Waals surface area contributed by atoms with Crippen molar-refractivity contribution < 1.29 is 0 Å². The van der Waals surface area contributed by atoms with Crippen molar-refractivity contribution in [3.8, 4) is 0 Å². The molecule has 0 bridgehead atoms. The van der Waals surface area contributed by atoms with Crippen molar-refractivity contribution in [3.63, 3.8) is 0 Å². The molecule has 0 saturated carbocycles. The van der Waals surface area contributed by atoms with Gasteiger partial charge in [-0.15, -0.1) is 0 Å². The molecule has 2 aromatic heterocycles. The first-order valence-electron chi connectivity index (χ1n) is 7.04. The number of nitrogens with one attached hydrogen (secondary N) is 1. The molecule has 0 atom stereocenters. The van der Waals surface area contributed by atoms with E-state index in [0.717, 1.165) is 22.0 Å². The summed E-state index contributed by atoms with van der Waals surface area (Å²) >= 11 is 0. The highest BCUT2D eigenvalue weighted by Crippen LogP contribution is 2.22. The minimum atomic E-state index is -0.0724. The predicted molar refractivity (Wildman–Crippen MR) is 88.4 cm³/mol. The van der Waals surface area contributed by atoms with Crippen molar-refractivity contribution in [1.29, 1.82) is 0 Å². The molecule has 0 radical (unpaired) electrons. The van der Waals surface area contributed by atoms with Gasteiger partial charge in [0.2, 0.25) is 0 Å². The molecule has 2 heterocycles. The molecule has 0 fully saturated rings. The number of benzene rings is 1. The van der Waals surface area contributed by atoms with Crippen LogP contribution in [0.4, 0.5) is 0 Å². The largest absolute Gasteiger partial charge is 0.320 e. The van der Waals surface area contributed by atoms with Crippen LogP contribution in [0.5, 0.6) is 0 Å². The molecule has 0 unspecified atom stereocenters. The van der Waals surface area contributed by atoms with Gasteiger partial charge in [0.25, 0.3) is 5.56 Å². The quantitative estimate of drug-likeness (QED) is 0.680. The molecule has 0 saturated heterocycles. The summed E-state index contributed by atoms with van der Waals surface area (Å²) < 4.78 is 0. The Kier molecular flexibility index (Phi) is 3.13. The van der Waals surface area contributed by atoms with Crippen molar-refractivity contribution in [3.05, 3.63) is 58.5 Å². The Morgan fingerprint density at radius 1 is 1.14 bits per heavy atom. The lowest BCUT2D eigenvalue weighted by atomic mass is 9.95. The van der Waals surface area contributed by atoms with E-state index in [0.29, 0.717) is 5.39 Å². The Labute approximate surface area is 123 Å². The van der Waals surface area contributed by atoms with Crippen LogP contribution in [0.3, 0.4) is 0 Å². The Balaban J connectivity index is 2.27. The lowest BCUT2D eigenvalue weighted by molar-refractivity contribution is 0.547. The minimum absolute atomic E-state index is 0.0724. The normalized spacial score (nSPS) is 12.5. The summed E-state index contributed by atoms with van der Waals surface area (Å²) in [5.41, 5.74) is 2.74. The Bertz CT molecular complexity index is 898. The third-order valence-electron chi connectivity index (χ3n) is 3.38. The third-order valence-corrected chi connectivity index (χ3v) is 3.38. The van der Waals surface area contributed by atoms with E-state index in [4.69, 9.17) is 0 Å². The van der Waals surface area contributed by atoms with Crippen LogP contribution in [-0.4, -0.2) is 9.97 Å². The topological polar surface area (TPSA) is 45.8 Å². The highest BCUT2D eigenvalue weighted by atomic mass is 16.1. The number of allylic oxidation sites excluding steroid dienone is 1. The second-order valence-corrected chi connectivity index (χ2v) is 6.36. The number of aromatic nitrogens is 2. The molecule has 106 valence electrons. The average Bonchev–Trinajstić information content (AvgIpc) is 2.44. The fourth-order valence-electron chi connectivity index (χ4n) is 2.32. The van der Waals surface area contributed by atoms with Gasteiger partial charge in [-0.05, 0) is 35.2 Å². The van der Waals surface area contributed by atoms with Gasteiger partial charge >= 0.3 is 0 Å². The zero-order valence-corrected chi connectivity index (χ0v) is 12.5. The van der Waals surface area contributed by atoms with Gasteiger partial charge in [0.05, 0.1) is 11.0 Å². The number of rotatable bonds is 1. The van der Waals surface area contributed by atoms with Crippen LogP contribution in [0.1, 0.15) is 26.3 Å². The lowest BCUT2D eigenvalue weighted by Crippen LogP contribution is -2.06. The molecule has 3 heteroatoms. The lowest BCUT2D eigenvalue weighted by Gasteiger charge is -2.11. The van der Waals surface area contributed by atoms with Gasteiger partial charge in [0.15, 0.2) is 0 Å². The van der Waals surface area contributed by atoms with Crippen LogP contribution in [0, 0.1) is 5.41 Å². The highest BCUT2D eigenvalue weighted by Gasteiger charge is 2.07. The minimum Gasteiger partial charge on any atom is -0.320 e. The number of hydrogen-bond donors (Lipinski definition) is 1. The van der Waals surface area contributed by atoms with Gasteiger partial charge in [0.1, 0.15) is 0 Å². The molecular weight excluding hydrogens is 260 g/mol. The number of fused-ring (bicyclic) bond motifs is 3. The molecular formula is C18H18N2O. The van der Waals surface area contributed by atoms with Gasteiger partial charge in [0, 0.05) is 17.0 Å². The molecule has 3 rings (SSSR count). The second kappa shape index (κ2) is 4.85. The van der Waals surface area contributed by atoms with Crippen molar-refractivity contribution in [2.45, 2.75) is 20.8 Å². The van der Waals surface area contributed by atoms with E-state index < -0.39 is 0 Å². The zero-order chi connectivity index (χ0) is 15.0. The zero-order valence-electron chi connectivity index (χ0n) is 12.5. The Morgan fingerprint density at radius 2 is 1.95 bits per heavy atom. The fraction of sp³-hybridized carbons (Fsp3) is 0.222. The van der Waals surface area contributed by atoms with Crippen molar-refractivity contribution in [2.75, 3.05) is 0 Å². The van der Waals surface area contributed by atoms with Gasteiger partial charge in [-0.3, -0.25) is 9.78 Å². The molecule has 21 heavy (non-hydrogen) atoms. The Morgan fingerprint density at radius 3 is 2.71 bits per heavy atom. The number of nitrogens with zero attached hydrogens (tertiary/aromatic N) is 1. The molecule has 0 aliphatic rings. The van der Waals surface area contributed by atoms with Gasteiger partial charge in [-0.2, -0.15) is 0 Å². The van der Waals surface area contributed by atoms with Crippen LogP contribution in [0.15, 0.2) is 47.4 Å². The second-order valence-electron chi connectivity index (χ2n) is 6.36. The van der Waals surface area contributed by atoms with Gasteiger partial charge < -0.3 is 4.98 Å². The van der Waals surface area contributed by atoms with Crippen LogP contribution >= 0.6 is 0 Å². The van der Waals surface area contributed by atoms with Crippen LogP contribution < -0.4 is 5.56 Å². The molecule has 3 aromatic rings. The average molecular weight is 278 g/mol. The summed E-state index contributed by atoms with van der Waals surface area (Å²) in [6.07, 6.45) is 6.00. The van der Waals surface area contributed by atoms with E-state index in [-0.39, 0.29) is 11.0 Å². The van der Waals surface area contributed by atoms with Crippen LogP contribution in [0.2, 0.25) is 0 Å². The summed E-state index contributed by atoms with van der Waals surface area (Å²) in [5, 5.41) is 1.57. The van der Waals surface area contributed by atoms with Crippen molar-refractivity contribution in [1.82, 2.24) is 9.97 Å². The first kappa shape index (κ1) is 13.6. The monoisotopic (exact) mass is 278 g/mol. The summed E-state index contributed by atoms with van der Waals surface area (Å²) in [4.78, 5) is 19.4. The molecule has 3 nitrogen and oxygen atoms in total. The number of hydrogen-bond acceptors (Lipinski definition) is 2. The molecule has 0 amide bonds. The van der Waals surface area contributed by atoms with E-state index in [9.17, 15) is 4.79 Å². The third kappa shape index (κ3) is 2.72. The standard InChI is InChI=1S/C18H18N2O/c1-18(2,3)9-8-12-6-7-13-14(11-12)16-15(20-17(13)21)5-4-10-19-16/h4-11H,1-3H3,(H,20,21)/b9-8+. The maximum atomic E-state index is 12.1. The van der Waals surface area contributed by atoms with Gasteiger partial charge in [-0.25, -0.2) is 0 Å². The number of aromatic amines is 1. The van der Waals surface area contributed by atoms with Gasteiger partial charge in [-0.1, -0.05) is 39.0 Å². The van der Waals surface area contributed by atoms with Crippen molar-refractivity contribution >= 4 is 27.9 Å². The van der Waals surface area contributed by atoms with E-state index in [1.165, 1.54) is 0 Å². The van der Waals surface area contributed by atoms with Crippen molar-refractivity contribution in [2.24, 2.45) is 5.41 Å². The summed E-state index contributed by atoms with van der Waals surface area (Å²) in [5.74, 6) is 0. The smallest absolute Gasteiger partial charge is 0.256 e. The molecule has 0 spiro atoms. The highest BCUT2D eigenvalue weighted by molar-refractivity contribution is 6.03. The van der Waals surface area contributed by atoms with E-state index in [1.54, 1.807) is 6.20 Å². The maximum absolute atomic E-state index is 12.1. The maximum Gasteiger partial charge on any atom is 0.256 e. The first-order valence-corrected chi connectivity index (χ1v) is 7.04. The SMILES string of the molecule is CC(C)(C)/C=C/c1ccc2c(=O)[nH]c3cccnc3c2c1. The molecule has 0 aliphatic heterocycles. The van der Waals surface area contributed by atoms with E-state index in [2.05, 4.69) is 42.9 Å². The summed E-state index contributed by atoms with van der Waals surface area (Å²) in [6.45, 7) is 6.48. The van der Waals surface area contributed by atoms with Crippen LogP contribution in [0.25, 0.3) is 27.9 Å². The summed E-state index contributed by atoms with van der Waals surface area (Å²) in [6, 6.07) is 9.57. The molecule has 0 aliphatic carbocycles. The fourth-order valence-corrected chi connectivity index (χ4v) is 2.32. The number of pyridine rings is 2. The van der Waals surface area contributed by atoms with E-state index in [1.807, 2.05) is 30.3 Å². The predicted octanol–water partition coefficient (Wildman–Crippen LogP) is 4.14.